The number of nitrogens with zero attached hydrogens (tertiary/aromatic N) is 2. The summed E-state index contributed by atoms with van der Waals surface area (Å²) < 4.78 is 29.1. The summed E-state index contributed by atoms with van der Waals surface area (Å²) in [6, 6.07) is 17.7. The second-order valence-corrected chi connectivity index (χ2v) is 9.96. The molecule has 5 rings (SSSR count). The highest BCUT2D eigenvalue weighted by Gasteiger charge is 2.38. The highest BCUT2D eigenvalue weighted by molar-refractivity contribution is 7.99. The molecule has 1 aliphatic carbocycles. The van der Waals surface area contributed by atoms with Gasteiger partial charge in [-0.15, -0.1) is 0 Å². The van der Waals surface area contributed by atoms with Gasteiger partial charge in [0.05, 0.1) is 16.2 Å². The van der Waals surface area contributed by atoms with Gasteiger partial charge < -0.3 is 0 Å². The Morgan fingerprint density at radius 1 is 1.00 bits per heavy atom. The van der Waals surface area contributed by atoms with Crippen molar-refractivity contribution < 1.29 is 8.42 Å². The molecule has 0 bridgehead atoms. The van der Waals surface area contributed by atoms with Gasteiger partial charge in [0.25, 0.3) is 0 Å². The summed E-state index contributed by atoms with van der Waals surface area (Å²) in [7, 11) is -3.75. The Morgan fingerprint density at radius 2 is 1.72 bits per heavy atom. The molecule has 0 radical (unpaired) electrons. The lowest BCUT2D eigenvalue weighted by atomic mass is 10.1. The first kappa shape index (κ1) is 18.6. The predicted molar refractivity (Wildman–Crippen MR) is 113 cm³/mol. The van der Waals surface area contributed by atoms with E-state index in [9.17, 15) is 8.42 Å². The minimum Gasteiger partial charge on any atom is -0.254 e. The van der Waals surface area contributed by atoms with E-state index < -0.39 is 16.1 Å². The number of rotatable bonds is 5. The maximum absolute atomic E-state index is 13.1. The average Bonchev–Trinajstić information content (AvgIpc) is 3.32. The summed E-state index contributed by atoms with van der Waals surface area (Å²) >= 11 is 7.37. The van der Waals surface area contributed by atoms with Crippen molar-refractivity contribution in [1.82, 2.24) is 19.9 Å². The molecule has 1 aliphatic rings. The molecule has 2 atom stereocenters. The van der Waals surface area contributed by atoms with Gasteiger partial charge in [0, 0.05) is 5.02 Å². The van der Waals surface area contributed by atoms with Crippen molar-refractivity contribution in [2.45, 2.75) is 21.3 Å². The molecule has 4 aromatic rings. The number of thioether (sulfide) groups is 1. The van der Waals surface area contributed by atoms with Crippen molar-refractivity contribution in [3.05, 3.63) is 83.1 Å². The molecule has 0 spiro atoms. The van der Waals surface area contributed by atoms with Gasteiger partial charge in [-0.2, -0.15) is 5.10 Å². The lowest BCUT2D eigenvalue weighted by molar-refractivity contribution is 0.557. The normalized spacial score (nSPS) is 18.4. The summed E-state index contributed by atoms with van der Waals surface area (Å²) in [4.78, 5) is 4.38. The van der Waals surface area contributed by atoms with Gasteiger partial charge in [-0.1, -0.05) is 59.8 Å². The topological polar surface area (TPSA) is 87.7 Å². The van der Waals surface area contributed by atoms with E-state index in [4.69, 9.17) is 11.6 Å². The van der Waals surface area contributed by atoms with Crippen molar-refractivity contribution in [1.29, 1.82) is 0 Å². The van der Waals surface area contributed by atoms with Crippen LogP contribution < -0.4 is 4.72 Å². The Kier molecular flexibility index (Phi) is 4.59. The fourth-order valence-electron chi connectivity index (χ4n) is 3.72. The Balaban J connectivity index is 1.60. The van der Waals surface area contributed by atoms with Crippen LogP contribution in [0.15, 0.2) is 77.0 Å². The number of halogens is 1. The van der Waals surface area contributed by atoms with Crippen LogP contribution in [0.25, 0.3) is 10.8 Å². The third-order valence-electron chi connectivity index (χ3n) is 4.95. The zero-order chi connectivity index (χ0) is 20.0. The molecule has 146 valence electrons. The van der Waals surface area contributed by atoms with E-state index in [1.54, 1.807) is 12.1 Å². The molecule has 0 saturated carbocycles. The molecule has 3 aromatic carbocycles. The summed E-state index contributed by atoms with van der Waals surface area (Å²) in [5.41, 5.74) is 2.02. The van der Waals surface area contributed by atoms with E-state index in [2.05, 4.69) is 19.9 Å². The average molecular weight is 443 g/mol. The first-order valence-corrected chi connectivity index (χ1v) is 11.6. The molecule has 1 aromatic heterocycles. The van der Waals surface area contributed by atoms with E-state index in [1.165, 1.54) is 30.2 Å². The Bertz CT molecular complexity index is 1290. The van der Waals surface area contributed by atoms with E-state index >= 15 is 0 Å². The van der Waals surface area contributed by atoms with E-state index in [0.29, 0.717) is 10.2 Å². The Labute approximate surface area is 176 Å². The highest BCUT2D eigenvalue weighted by Crippen LogP contribution is 2.52. The number of aromatic amines is 1. The van der Waals surface area contributed by atoms with Gasteiger partial charge in [-0.25, -0.2) is 18.1 Å². The van der Waals surface area contributed by atoms with Crippen molar-refractivity contribution in [3.63, 3.8) is 0 Å². The monoisotopic (exact) mass is 442 g/mol. The third kappa shape index (κ3) is 3.32. The quantitative estimate of drug-likeness (QED) is 0.475. The zero-order valence-electron chi connectivity index (χ0n) is 14.9. The van der Waals surface area contributed by atoms with Crippen LogP contribution in [0.2, 0.25) is 5.02 Å². The van der Waals surface area contributed by atoms with Crippen molar-refractivity contribution in [3.8, 4) is 0 Å². The fourth-order valence-corrected chi connectivity index (χ4v) is 6.28. The van der Waals surface area contributed by atoms with Gasteiger partial charge in [0.15, 0.2) is 5.16 Å². The number of hydrogen-bond donors (Lipinski definition) is 2. The molecule has 1 heterocycles. The molecule has 2 N–H and O–H groups in total. The largest absolute Gasteiger partial charge is 0.254 e. The summed E-state index contributed by atoms with van der Waals surface area (Å²) in [5, 5.41) is 9.86. The first-order chi connectivity index (χ1) is 14.0. The predicted octanol–water partition coefficient (Wildman–Crippen LogP) is 4.48. The van der Waals surface area contributed by atoms with E-state index in [0.717, 1.165) is 21.9 Å². The van der Waals surface area contributed by atoms with Gasteiger partial charge in [-0.3, -0.25) is 5.10 Å². The minimum atomic E-state index is -3.75. The van der Waals surface area contributed by atoms with Crippen molar-refractivity contribution in [2.24, 2.45) is 0 Å². The number of sulfonamides is 1. The van der Waals surface area contributed by atoms with E-state index in [1.807, 2.05) is 36.4 Å². The van der Waals surface area contributed by atoms with Crippen LogP contribution >= 0.6 is 23.4 Å². The SMILES string of the molecule is O=S(=O)(N[C@@H]1c2cccc3cccc(c23)[C@@H]1Sc1ncn[nH]1)c1ccc(Cl)cc1. The number of nitrogens with one attached hydrogen (secondary N) is 2. The molecule has 0 fully saturated rings. The third-order valence-corrected chi connectivity index (χ3v) is 7.86. The van der Waals surface area contributed by atoms with Crippen LogP contribution in [-0.2, 0) is 10.0 Å². The lowest BCUT2D eigenvalue weighted by Gasteiger charge is -2.22. The number of benzene rings is 3. The number of aromatic nitrogens is 3. The zero-order valence-corrected chi connectivity index (χ0v) is 17.3. The maximum atomic E-state index is 13.1. The molecule has 0 amide bonds. The molecule has 0 aliphatic heterocycles. The molecule has 0 saturated heterocycles. The second kappa shape index (κ2) is 7.14. The molecule has 29 heavy (non-hydrogen) atoms. The van der Waals surface area contributed by atoms with Crippen LogP contribution in [-0.4, -0.2) is 23.6 Å². The second-order valence-electron chi connectivity index (χ2n) is 6.67. The van der Waals surface area contributed by atoms with Crippen LogP contribution in [0, 0.1) is 0 Å². The summed E-state index contributed by atoms with van der Waals surface area (Å²) in [6.45, 7) is 0. The summed E-state index contributed by atoms with van der Waals surface area (Å²) in [6.07, 6.45) is 1.44. The standard InChI is InChI=1S/C20H15ClN4O2S2/c21-13-7-9-14(10-8-13)29(26,27)25-18-15-5-1-3-12-4-2-6-16(17(12)15)19(18)28-20-22-11-23-24-20/h1-11,18-19,25H,(H,22,23,24)/t18-,19+/m1/s1. The van der Waals surface area contributed by atoms with Crippen LogP contribution in [0.5, 0.6) is 0 Å². The van der Waals surface area contributed by atoms with Crippen LogP contribution in [0.3, 0.4) is 0 Å². The minimum absolute atomic E-state index is 0.174. The Morgan fingerprint density at radius 3 is 2.41 bits per heavy atom. The number of hydrogen-bond acceptors (Lipinski definition) is 5. The van der Waals surface area contributed by atoms with Gasteiger partial charge in [0.1, 0.15) is 6.33 Å². The summed E-state index contributed by atoms with van der Waals surface area (Å²) in [5.74, 6) is 0. The van der Waals surface area contributed by atoms with Crippen LogP contribution in [0.4, 0.5) is 0 Å². The lowest BCUT2D eigenvalue weighted by Crippen LogP contribution is -2.30. The molecular weight excluding hydrogens is 428 g/mol. The number of H-pyrrole nitrogens is 1. The van der Waals surface area contributed by atoms with Gasteiger partial charge in [-0.05, 0) is 46.2 Å². The molecule has 6 nitrogen and oxygen atoms in total. The maximum Gasteiger partial charge on any atom is 0.241 e. The van der Waals surface area contributed by atoms with Crippen LogP contribution in [0.1, 0.15) is 22.4 Å². The molecule has 9 heteroatoms. The molecular formula is C20H15ClN4O2S2. The smallest absolute Gasteiger partial charge is 0.241 e. The fraction of sp³-hybridized carbons (Fsp3) is 0.100. The van der Waals surface area contributed by atoms with Crippen molar-refractivity contribution >= 4 is 44.2 Å². The van der Waals surface area contributed by atoms with Gasteiger partial charge >= 0.3 is 0 Å². The Hall–Kier alpha value is -2.39. The van der Waals surface area contributed by atoms with E-state index in [-0.39, 0.29) is 10.1 Å². The van der Waals surface area contributed by atoms with Crippen molar-refractivity contribution in [2.75, 3.05) is 0 Å². The van der Waals surface area contributed by atoms with Gasteiger partial charge in [0.2, 0.25) is 10.0 Å². The molecule has 0 unspecified atom stereocenters. The highest BCUT2D eigenvalue weighted by atomic mass is 35.5. The first-order valence-electron chi connectivity index (χ1n) is 8.84.